The number of hydrogen-bond acceptors (Lipinski definition) is 4. The molecule has 1 aromatic rings. The molecule has 3 nitrogen and oxygen atoms in total. The average Bonchev–Trinajstić information content (AvgIpc) is 2.40. The SMILES string of the molecule is COC(=O)C1(Nc2ccccc2)CCCSC1. The highest BCUT2D eigenvalue weighted by atomic mass is 32.2. The molecule has 0 spiro atoms. The molecule has 1 aliphatic heterocycles. The lowest BCUT2D eigenvalue weighted by atomic mass is 9.95. The van der Waals surface area contributed by atoms with E-state index in [0.29, 0.717) is 0 Å². The molecule has 1 unspecified atom stereocenters. The van der Waals surface area contributed by atoms with Crippen LogP contribution in [0.1, 0.15) is 12.8 Å². The Bertz CT molecular complexity index is 374. The number of methoxy groups -OCH3 is 1. The summed E-state index contributed by atoms with van der Waals surface area (Å²) in [7, 11) is 1.45. The van der Waals surface area contributed by atoms with Crippen molar-refractivity contribution in [1.29, 1.82) is 0 Å². The summed E-state index contributed by atoms with van der Waals surface area (Å²) in [4.78, 5) is 12.0. The van der Waals surface area contributed by atoms with Crippen LogP contribution >= 0.6 is 11.8 Å². The van der Waals surface area contributed by atoms with Gasteiger partial charge in [-0.25, -0.2) is 4.79 Å². The van der Waals surface area contributed by atoms with Gasteiger partial charge in [0.2, 0.25) is 0 Å². The molecule has 0 bridgehead atoms. The van der Waals surface area contributed by atoms with Crippen molar-refractivity contribution in [1.82, 2.24) is 0 Å². The number of nitrogens with one attached hydrogen (secondary N) is 1. The number of ether oxygens (including phenoxy) is 1. The zero-order chi connectivity index (χ0) is 12.1. The smallest absolute Gasteiger partial charge is 0.332 e. The average molecular weight is 251 g/mol. The zero-order valence-corrected chi connectivity index (χ0v) is 10.8. The lowest BCUT2D eigenvalue weighted by Crippen LogP contribution is -2.51. The van der Waals surface area contributed by atoms with Gasteiger partial charge in [-0.3, -0.25) is 0 Å². The molecule has 1 aliphatic rings. The Balaban J connectivity index is 2.19. The first-order valence-electron chi connectivity index (χ1n) is 5.76. The standard InChI is InChI=1S/C13H17NO2S/c1-16-12(15)13(8-5-9-17-10-13)14-11-6-3-2-4-7-11/h2-4,6-7,14H,5,8-10H2,1H3. The van der Waals surface area contributed by atoms with Crippen molar-refractivity contribution >= 4 is 23.4 Å². The Kier molecular flexibility index (Phi) is 3.94. The van der Waals surface area contributed by atoms with E-state index in [4.69, 9.17) is 4.74 Å². The highest BCUT2D eigenvalue weighted by molar-refractivity contribution is 7.99. The van der Waals surface area contributed by atoms with Crippen LogP contribution in [0.25, 0.3) is 0 Å². The fourth-order valence-corrected chi connectivity index (χ4v) is 3.27. The highest BCUT2D eigenvalue weighted by Gasteiger charge is 2.41. The summed E-state index contributed by atoms with van der Waals surface area (Å²) in [6, 6.07) is 9.84. The Morgan fingerprint density at radius 1 is 1.41 bits per heavy atom. The molecule has 2 rings (SSSR count). The van der Waals surface area contributed by atoms with E-state index in [0.717, 1.165) is 30.0 Å². The molecule has 1 heterocycles. The Morgan fingerprint density at radius 2 is 2.18 bits per heavy atom. The number of anilines is 1. The van der Waals surface area contributed by atoms with Crippen LogP contribution in [0.4, 0.5) is 5.69 Å². The molecule has 0 saturated carbocycles. The normalized spacial score (nSPS) is 24.1. The molecule has 1 N–H and O–H groups in total. The summed E-state index contributed by atoms with van der Waals surface area (Å²) in [6.07, 6.45) is 1.88. The maximum absolute atomic E-state index is 12.0. The van der Waals surface area contributed by atoms with Crippen LogP contribution in [0, 0.1) is 0 Å². The van der Waals surface area contributed by atoms with E-state index in [9.17, 15) is 4.79 Å². The third kappa shape index (κ3) is 2.75. The van der Waals surface area contributed by atoms with Crippen LogP contribution in [0.2, 0.25) is 0 Å². The fraction of sp³-hybridized carbons (Fsp3) is 0.462. The molecular formula is C13H17NO2S. The van der Waals surface area contributed by atoms with Crippen LogP contribution in [-0.4, -0.2) is 30.1 Å². The molecule has 0 amide bonds. The first-order chi connectivity index (χ1) is 8.27. The lowest BCUT2D eigenvalue weighted by molar-refractivity contribution is -0.145. The van der Waals surface area contributed by atoms with E-state index in [2.05, 4.69) is 5.32 Å². The van der Waals surface area contributed by atoms with E-state index in [1.807, 2.05) is 30.3 Å². The van der Waals surface area contributed by atoms with Crippen molar-refractivity contribution < 1.29 is 9.53 Å². The second-order valence-corrected chi connectivity index (χ2v) is 5.33. The second-order valence-electron chi connectivity index (χ2n) is 4.22. The molecule has 17 heavy (non-hydrogen) atoms. The third-order valence-electron chi connectivity index (χ3n) is 2.97. The zero-order valence-electron chi connectivity index (χ0n) is 9.94. The largest absolute Gasteiger partial charge is 0.467 e. The van der Waals surface area contributed by atoms with Crippen LogP contribution in [-0.2, 0) is 9.53 Å². The van der Waals surface area contributed by atoms with Crippen molar-refractivity contribution in [3.05, 3.63) is 30.3 Å². The number of para-hydroxylation sites is 1. The van der Waals surface area contributed by atoms with Gasteiger partial charge in [-0.2, -0.15) is 11.8 Å². The van der Waals surface area contributed by atoms with E-state index >= 15 is 0 Å². The van der Waals surface area contributed by atoms with E-state index < -0.39 is 5.54 Å². The summed E-state index contributed by atoms with van der Waals surface area (Å²) >= 11 is 1.80. The second kappa shape index (κ2) is 5.45. The number of carbonyl (C=O) groups excluding carboxylic acids is 1. The van der Waals surface area contributed by atoms with Gasteiger partial charge in [0.25, 0.3) is 0 Å². The topological polar surface area (TPSA) is 38.3 Å². The predicted octanol–water partition coefficient (Wildman–Crippen LogP) is 2.54. The fourth-order valence-electron chi connectivity index (χ4n) is 2.10. The molecule has 1 atom stereocenters. The minimum atomic E-state index is -0.557. The van der Waals surface area contributed by atoms with Gasteiger partial charge in [0.1, 0.15) is 5.54 Å². The van der Waals surface area contributed by atoms with Crippen molar-refractivity contribution in [2.45, 2.75) is 18.4 Å². The van der Waals surface area contributed by atoms with Gasteiger partial charge in [-0.15, -0.1) is 0 Å². The third-order valence-corrected chi connectivity index (χ3v) is 4.25. The number of esters is 1. The van der Waals surface area contributed by atoms with Crippen molar-refractivity contribution in [3.8, 4) is 0 Å². The van der Waals surface area contributed by atoms with Gasteiger partial charge in [0, 0.05) is 11.4 Å². The first-order valence-corrected chi connectivity index (χ1v) is 6.92. The van der Waals surface area contributed by atoms with Crippen LogP contribution in [0.15, 0.2) is 30.3 Å². The van der Waals surface area contributed by atoms with Gasteiger partial charge >= 0.3 is 5.97 Å². The Labute approximate surface area is 106 Å². The summed E-state index contributed by atoms with van der Waals surface area (Å²) in [5.41, 5.74) is 0.416. The minimum Gasteiger partial charge on any atom is -0.467 e. The maximum atomic E-state index is 12.0. The van der Waals surface area contributed by atoms with E-state index in [1.165, 1.54) is 7.11 Å². The van der Waals surface area contributed by atoms with E-state index in [1.54, 1.807) is 11.8 Å². The monoisotopic (exact) mass is 251 g/mol. The predicted molar refractivity (Wildman–Crippen MR) is 71.4 cm³/mol. The minimum absolute atomic E-state index is 0.159. The molecule has 1 aromatic carbocycles. The molecule has 1 fully saturated rings. The number of carbonyl (C=O) groups is 1. The van der Waals surface area contributed by atoms with Crippen LogP contribution in [0.5, 0.6) is 0 Å². The Morgan fingerprint density at radius 3 is 2.76 bits per heavy atom. The number of benzene rings is 1. The van der Waals surface area contributed by atoms with Gasteiger partial charge in [0.05, 0.1) is 7.11 Å². The molecular weight excluding hydrogens is 234 g/mol. The molecule has 0 aliphatic carbocycles. The summed E-state index contributed by atoms with van der Waals surface area (Å²) in [6.45, 7) is 0. The van der Waals surface area contributed by atoms with Crippen LogP contribution in [0.3, 0.4) is 0 Å². The Hall–Kier alpha value is -1.16. The van der Waals surface area contributed by atoms with Crippen molar-refractivity contribution in [2.24, 2.45) is 0 Å². The number of thioether (sulfide) groups is 1. The maximum Gasteiger partial charge on any atom is 0.332 e. The summed E-state index contributed by atoms with van der Waals surface area (Å²) in [5, 5.41) is 3.35. The van der Waals surface area contributed by atoms with Crippen LogP contribution < -0.4 is 5.32 Å². The van der Waals surface area contributed by atoms with Gasteiger partial charge in [-0.1, -0.05) is 18.2 Å². The first kappa shape index (κ1) is 12.3. The van der Waals surface area contributed by atoms with Crippen molar-refractivity contribution in [3.63, 3.8) is 0 Å². The highest BCUT2D eigenvalue weighted by Crippen LogP contribution is 2.31. The molecule has 1 saturated heterocycles. The lowest BCUT2D eigenvalue weighted by Gasteiger charge is -2.35. The molecule has 4 heteroatoms. The number of rotatable bonds is 3. The van der Waals surface area contributed by atoms with Gasteiger partial charge in [-0.05, 0) is 30.7 Å². The quantitative estimate of drug-likeness (QED) is 0.838. The summed E-state index contributed by atoms with van der Waals surface area (Å²) in [5.74, 6) is 1.73. The molecule has 92 valence electrons. The van der Waals surface area contributed by atoms with Gasteiger partial charge < -0.3 is 10.1 Å². The van der Waals surface area contributed by atoms with E-state index in [-0.39, 0.29) is 5.97 Å². The van der Waals surface area contributed by atoms with Gasteiger partial charge in [0.15, 0.2) is 0 Å². The summed E-state index contributed by atoms with van der Waals surface area (Å²) < 4.78 is 4.95. The molecule has 0 aromatic heterocycles. The molecule has 0 radical (unpaired) electrons. The number of hydrogen-bond donors (Lipinski definition) is 1. The van der Waals surface area contributed by atoms with Crippen molar-refractivity contribution in [2.75, 3.05) is 23.9 Å².